The van der Waals surface area contributed by atoms with Gasteiger partial charge in [0.2, 0.25) is 0 Å². The Hall–Kier alpha value is -3.32. The predicted octanol–water partition coefficient (Wildman–Crippen LogP) is 5.70. The maximum Gasteiger partial charge on any atom is 0.260 e. The Kier molecular flexibility index (Phi) is 6.54. The smallest absolute Gasteiger partial charge is 0.260 e. The number of aryl methyl sites for hydroxylation is 3. The molecule has 34 heavy (non-hydrogen) atoms. The number of thiophene rings is 1. The molecule has 2 aromatic heterocycles. The van der Waals surface area contributed by atoms with Gasteiger partial charge < -0.3 is 19.2 Å². The molecule has 2 heterocycles. The van der Waals surface area contributed by atoms with Crippen LogP contribution in [0.25, 0.3) is 21.6 Å². The van der Waals surface area contributed by atoms with E-state index in [4.69, 9.17) is 19.2 Å². The molecule has 0 spiro atoms. The van der Waals surface area contributed by atoms with Gasteiger partial charge in [0.15, 0.2) is 11.5 Å². The van der Waals surface area contributed by atoms with E-state index in [9.17, 15) is 4.79 Å². The molecule has 0 atom stereocenters. The lowest BCUT2D eigenvalue weighted by atomic mass is 9.97. The van der Waals surface area contributed by atoms with Crippen LogP contribution in [0.1, 0.15) is 35.8 Å². The van der Waals surface area contributed by atoms with Gasteiger partial charge in [0.1, 0.15) is 29.6 Å². The van der Waals surface area contributed by atoms with Gasteiger partial charge in [-0.25, -0.2) is 4.98 Å². The van der Waals surface area contributed by atoms with Crippen molar-refractivity contribution in [1.29, 1.82) is 0 Å². The van der Waals surface area contributed by atoms with Gasteiger partial charge in [0.05, 0.1) is 12.0 Å². The number of aromatic nitrogens is 2. The maximum atomic E-state index is 12.9. The molecule has 0 fully saturated rings. The zero-order valence-electron chi connectivity index (χ0n) is 19.5. The minimum atomic E-state index is -0.0639. The summed E-state index contributed by atoms with van der Waals surface area (Å²) in [5.41, 5.74) is 3.11. The Morgan fingerprint density at radius 3 is 2.59 bits per heavy atom. The molecular formula is C27H28N2O4S. The normalized spacial score (nSPS) is 13.0. The molecule has 1 N–H and O–H groups in total. The van der Waals surface area contributed by atoms with Crippen molar-refractivity contribution in [2.24, 2.45) is 0 Å². The number of ether oxygens (including phenoxy) is 3. The number of nitrogens with one attached hydrogen (secondary N) is 1. The standard InChI is InChI=1S/C27H28N2O4S/c1-3-31-22-16-18(10-13-21(22)33-15-14-32-19-11-8-17(2)9-12-19)25-28-26(30)24-20-6-4-5-7-23(20)34-27(24)29-25/h8-13,16H,3-7,14-15H2,1-2H3,(H,28,29,30). The van der Waals surface area contributed by atoms with E-state index in [0.29, 0.717) is 37.1 Å². The van der Waals surface area contributed by atoms with E-state index in [1.165, 1.54) is 22.4 Å². The van der Waals surface area contributed by atoms with E-state index in [0.717, 1.165) is 40.8 Å². The van der Waals surface area contributed by atoms with Gasteiger partial charge in [0, 0.05) is 10.4 Å². The van der Waals surface area contributed by atoms with Crippen molar-refractivity contribution in [3.8, 4) is 28.6 Å². The van der Waals surface area contributed by atoms with Crippen LogP contribution >= 0.6 is 11.3 Å². The van der Waals surface area contributed by atoms with Gasteiger partial charge in [-0.05, 0) is 75.4 Å². The van der Waals surface area contributed by atoms with E-state index in [2.05, 4.69) is 4.98 Å². The number of aromatic amines is 1. The first-order valence-electron chi connectivity index (χ1n) is 11.8. The molecule has 4 aromatic rings. The lowest BCUT2D eigenvalue weighted by Gasteiger charge is -2.14. The maximum absolute atomic E-state index is 12.9. The summed E-state index contributed by atoms with van der Waals surface area (Å²) in [6.07, 6.45) is 4.32. The van der Waals surface area contributed by atoms with Gasteiger partial charge in [-0.3, -0.25) is 4.79 Å². The zero-order chi connectivity index (χ0) is 23.5. The number of H-pyrrole nitrogens is 1. The second kappa shape index (κ2) is 9.89. The molecule has 0 saturated carbocycles. The Bertz CT molecular complexity index is 1360. The lowest BCUT2D eigenvalue weighted by molar-refractivity contribution is 0.208. The molecule has 1 aliphatic rings. The van der Waals surface area contributed by atoms with E-state index >= 15 is 0 Å². The van der Waals surface area contributed by atoms with Crippen LogP contribution in [0.15, 0.2) is 47.3 Å². The summed E-state index contributed by atoms with van der Waals surface area (Å²) < 4.78 is 17.5. The number of rotatable bonds is 8. The van der Waals surface area contributed by atoms with Crippen LogP contribution < -0.4 is 19.8 Å². The molecule has 1 aliphatic carbocycles. The molecule has 2 aromatic carbocycles. The topological polar surface area (TPSA) is 73.4 Å². The second-order valence-electron chi connectivity index (χ2n) is 8.41. The average molecular weight is 477 g/mol. The Labute approximate surface area is 202 Å². The monoisotopic (exact) mass is 476 g/mol. The van der Waals surface area contributed by atoms with Crippen LogP contribution in [0.2, 0.25) is 0 Å². The molecule has 0 radical (unpaired) electrons. The fourth-order valence-electron chi connectivity index (χ4n) is 4.29. The van der Waals surface area contributed by atoms with Crippen molar-refractivity contribution in [2.45, 2.75) is 39.5 Å². The second-order valence-corrected chi connectivity index (χ2v) is 9.49. The van der Waals surface area contributed by atoms with Crippen molar-refractivity contribution in [2.75, 3.05) is 19.8 Å². The number of fused-ring (bicyclic) bond motifs is 3. The van der Waals surface area contributed by atoms with E-state index < -0.39 is 0 Å². The van der Waals surface area contributed by atoms with Crippen LogP contribution in [-0.4, -0.2) is 29.8 Å². The molecular weight excluding hydrogens is 448 g/mol. The molecule has 5 rings (SSSR count). The molecule has 0 amide bonds. The number of hydrogen-bond donors (Lipinski definition) is 1. The van der Waals surface area contributed by atoms with E-state index in [1.807, 2.05) is 56.3 Å². The highest BCUT2D eigenvalue weighted by Gasteiger charge is 2.20. The third-order valence-electron chi connectivity index (χ3n) is 5.97. The number of hydrogen-bond acceptors (Lipinski definition) is 6. The summed E-state index contributed by atoms with van der Waals surface area (Å²) in [5.74, 6) is 2.61. The molecule has 0 bridgehead atoms. The van der Waals surface area contributed by atoms with Crippen LogP contribution in [-0.2, 0) is 12.8 Å². The third-order valence-corrected chi connectivity index (χ3v) is 7.16. The van der Waals surface area contributed by atoms with Crippen LogP contribution in [0.4, 0.5) is 0 Å². The Morgan fingerprint density at radius 2 is 1.76 bits per heavy atom. The highest BCUT2D eigenvalue weighted by atomic mass is 32.1. The molecule has 7 heteroatoms. The first-order chi connectivity index (χ1) is 16.6. The molecule has 0 saturated heterocycles. The summed E-state index contributed by atoms with van der Waals surface area (Å²) >= 11 is 1.65. The van der Waals surface area contributed by atoms with Gasteiger partial charge in [-0.1, -0.05) is 17.7 Å². The molecule has 176 valence electrons. The zero-order valence-corrected chi connectivity index (χ0v) is 20.3. The fraction of sp³-hybridized carbons (Fsp3) is 0.333. The Balaban J connectivity index is 1.34. The first kappa shape index (κ1) is 22.5. The number of nitrogens with zero attached hydrogens (tertiary/aromatic N) is 1. The van der Waals surface area contributed by atoms with Crippen LogP contribution in [0.5, 0.6) is 17.2 Å². The Morgan fingerprint density at radius 1 is 0.971 bits per heavy atom. The lowest BCUT2D eigenvalue weighted by Crippen LogP contribution is -2.11. The number of benzene rings is 2. The van der Waals surface area contributed by atoms with Gasteiger partial charge in [-0.15, -0.1) is 11.3 Å². The van der Waals surface area contributed by atoms with Crippen LogP contribution in [0.3, 0.4) is 0 Å². The van der Waals surface area contributed by atoms with Crippen LogP contribution in [0, 0.1) is 6.92 Å². The summed E-state index contributed by atoms with van der Waals surface area (Å²) in [6, 6.07) is 13.6. The van der Waals surface area contributed by atoms with E-state index in [1.54, 1.807) is 11.3 Å². The van der Waals surface area contributed by atoms with E-state index in [-0.39, 0.29) is 5.56 Å². The molecule has 0 unspecified atom stereocenters. The van der Waals surface area contributed by atoms with Gasteiger partial charge in [0.25, 0.3) is 5.56 Å². The summed E-state index contributed by atoms with van der Waals surface area (Å²) in [7, 11) is 0. The first-order valence-corrected chi connectivity index (χ1v) is 12.6. The predicted molar refractivity (Wildman–Crippen MR) is 136 cm³/mol. The van der Waals surface area contributed by atoms with Gasteiger partial charge in [-0.2, -0.15) is 0 Å². The molecule has 0 aliphatic heterocycles. The highest BCUT2D eigenvalue weighted by molar-refractivity contribution is 7.18. The minimum Gasteiger partial charge on any atom is -0.490 e. The largest absolute Gasteiger partial charge is 0.490 e. The highest BCUT2D eigenvalue weighted by Crippen LogP contribution is 2.36. The summed E-state index contributed by atoms with van der Waals surface area (Å²) in [4.78, 5) is 22.9. The SMILES string of the molecule is CCOc1cc(-c2nc3sc4c(c3c(=O)[nH]2)CCCC4)ccc1OCCOc1ccc(C)cc1. The van der Waals surface area contributed by atoms with Crippen molar-refractivity contribution >= 4 is 21.6 Å². The van der Waals surface area contributed by atoms with Gasteiger partial charge >= 0.3 is 0 Å². The van der Waals surface area contributed by atoms with Crippen molar-refractivity contribution in [1.82, 2.24) is 9.97 Å². The minimum absolute atomic E-state index is 0.0639. The summed E-state index contributed by atoms with van der Waals surface area (Å²) in [5, 5.41) is 0.766. The van der Waals surface area contributed by atoms with Crippen molar-refractivity contribution < 1.29 is 14.2 Å². The fourth-order valence-corrected chi connectivity index (χ4v) is 5.55. The summed E-state index contributed by atoms with van der Waals surface area (Å²) in [6.45, 7) is 5.28. The molecule has 6 nitrogen and oxygen atoms in total. The van der Waals surface area contributed by atoms with Crippen molar-refractivity contribution in [3.63, 3.8) is 0 Å². The average Bonchev–Trinajstić information content (AvgIpc) is 3.23. The third kappa shape index (κ3) is 4.66. The quantitative estimate of drug-likeness (QED) is 0.331. The van der Waals surface area contributed by atoms with Crippen molar-refractivity contribution in [3.05, 3.63) is 68.8 Å².